The molecule has 0 saturated carbocycles. The van der Waals surface area contributed by atoms with Crippen molar-refractivity contribution in [3.05, 3.63) is 29.8 Å². The van der Waals surface area contributed by atoms with Crippen LogP contribution in [-0.2, 0) is 25.7 Å². The van der Waals surface area contributed by atoms with Gasteiger partial charge in [0.05, 0.1) is 13.1 Å². The lowest BCUT2D eigenvalue weighted by molar-refractivity contribution is -0.118. The second kappa shape index (κ2) is 8.95. The Balaban J connectivity index is 2.38. The Morgan fingerprint density at radius 2 is 1.82 bits per heavy atom. The SMILES string of the molecule is NC(=O)CNC(=O)OCc1ccc(NC(=O)CNC=O)cc1. The lowest BCUT2D eigenvalue weighted by Crippen LogP contribution is -2.33. The first kappa shape index (κ1) is 17.0. The van der Waals surface area contributed by atoms with Crippen molar-refractivity contribution >= 4 is 30.0 Å². The summed E-state index contributed by atoms with van der Waals surface area (Å²) in [4.78, 5) is 43.1. The van der Waals surface area contributed by atoms with Crippen LogP contribution >= 0.6 is 0 Å². The van der Waals surface area contributed by atoms with Gasteiger partial charge in [0, 0.05) is 5.69 Å². The number of amides is 4. The average molecular weight is 308 g/mol. The maximum atomic E-state index is 11.4. The fourth-order valence-electron chi connectivity index (χ4n) is 1.38. The normalized spacial score (nSPS) is 9.45. The van der Waals surface area contributed by atoms with Gasteiger partial charge in [0.1, 0.15) is 6.61 Å². The second-order valence-electron chi connectivity index (χ2n) is 4.14. The number of primary amides is 1. The number of carbonyl (C=O) groups excluding carboxylic acids is 4. The van der Waals surface area contributed by atoms with E-state index in [2.05, 4.69) is 16.0 Å². The molecule has 0 unspecified atom stereocenters. The van der Waals surface area contributed by atoms with E-state index in [1.807, 2.05) is 0 Å². The quantitative estimate of drug-likeness (QED) is 0.460. The van der Waals surface area contributed by atoms with E-state index < -0.39 is 12.0 Å². The first-order chi connectivity index (χ1) is 10.5. The lowest BCUT2D eigenvalue weighted by Gasteiger charge is -2.07. The molecule has 1 aromatic carbocycles. The van der Waals surface area contributed by atoms with Crippen molar-refractivity contribution in [1.29, 1.82) is 0 Å². The number of hydrogen-bond acceptors (Lipinski definition) is 5. The summed E-state index contributed by atoms with van der Waals surface area (Å²) in [5.41, 5.74) is 6.10. The molecule has 0 radical (unpaired) electrons. The summed E-state index contributed by atoms with van der Waals surface area (Å²) >= 11 is 0. The number of nitrogens with two attached hydrogens (primary N) is 1. The number of alkyl carbamates (subject to hydrolysis) is 1. The van der Waals surface area contributed by atoms with Crippen LogP contribution in [0.3, 0.4) is 0 Å². The molecule has 5 N–H and O–H groups in total. The smallest absolute Gasteiger partial charge is 0.407 e. The maximum absolute atomic E-state index is 11.4. The molecule has 0 atom stereocenters. The number of nitrogens with one attached hydrogen (secondary N) is 3. The Bertz CT molecular complexity index is 544. The zero-order valence-corrected chi connectivity index (χ0v) is 11.6. The summed E-state index contributed by atoms with van der Waals surface area (Å²) < 4.78 is 4.86. The molecular weight excluding hydrogens is 292 g/mol. The fourth-order valence-corrected chi connectivity index (χ4v) is 1.38. The Kier molecular flexibility index (Phi) is 6.90. The van der Waals surface area contributed by atoms with Crippen LogP contribution in [-0.4, -0.2) is 37.4 Å². The zero-order chi connectivity index (χ0) is 16.4. The number of ether oxygens (including phenoxy) is 1. The third kappa shape index (κ3) is 6.89. The van der Waals surface area contributed by atoms with Gasteiger partial charge in [-0.1, -0.05) is 12.1 Å². The van der Waals surface area contributed by atoms with Crippen LogP contribution in [0.4, 0.5) is 10.5 Å². The van der Waals surface area contributed by atoms with Gasteiger partial charge in [-0.3, -0.25) is 14.4 Å². The highest BCUT2D eigenvalue weighted by molar-refractivity contribution is 5.93. The molecule has 0 spiro atoms. The highest BCUT2D eigenvalue weighted by Gasteiger charge is 2.05. The van der Waals surface area contributed by atoms with Crippen LogP contribution in [0.5, 0.6) is 0 Å². The number of carbonyl (C=O) groups is 4. The molecule has 0 aliphatic heterocycles. The van der Waals surface area contributed by atoms with Crippen molar-refractivity contribution < 1.29 is 23.9 Å². The van der Waals surface area contributed by atoms with E-state index in [9.17, 15) is 19.2 Å². The average Bonchev–Trinajstić information content (AvgIpc) is 2.50. The molecule has 4 amide bonds. The van der Waals surface area contributed by atoms with Crippen LogP contribution < -0.4 is 21.7 Å². The van der Waals surface area contributed by atoms with Gasteiger partial charge in [-0.2, -0.15) is 0 Å². The molecule has 1 rings (SSSR count). The number of hydrogen-bond donors (Lipinski definition) is 4. The Morgan fingerprint density at radius 1 is 1.14 bits per heavy atom. The van der Waals surface area contributed by atoms with Crippen molar-refractivity contribution in [3.8, 4) is 0 Å². The molecule has 118 valence electrons. The summed E-state index contributed by atoms with van der Waals surface area (Å²) in [5, 5.41) is 6.99. The zero-order valence-electron chi connectivity index (χ0n) is 11.6. The summed E-state index contributed by atoms with van der Waals surface area (Å²) in [6.07, 6.45) is -0.320. The molecular formula is C13H16N4O5. The molecule has 9 nitrogen and oxygen atoms in total. The topological polar surface area (TPSA) is 140 Å². The van der Waals surface area contributed by atoms with Crippen LogP contribution in [0.1, 0.15) is 5.56 Å². The Hall–Kier alpha value is -3.10. The maximum Gasteiger partial charge on any atom is 0.407 e. The van der Waals surface area contributed by atoms with Gasteiger partial charge in [-0.25, -0.2) is 4.79 Å². The van der Waals surface area contributed by atoms with Gasteiger partial charge in [0.2, 0.25) is 18.2 Å². The van der Waals surface area contributed by atoms with Crippen LogP contribution in [0.15, 0.2) is 24.3 Å². The highest BCUT2D eigenvalue weighted by Crippen LogP contribution is 2.10. The number of anilines is 1. The molecule has 0 heterocycles. The molecule has 0 aliphatic carbocycles. The largest absolute Gasteiger partial charge is 0.445 e. The Morgan fingerprint density at radius 3 is 2.41 bits per heavy atom. The monoisotopic (exact) mass is 308 g/mol. The van der Waals surface area contributed by atoms with Gasteiger partial charge in [-0.15, -0.1) is 0 Å². The number of rotatable bonds is 8. The van der Waals surface area contributed by atoms with Crippen LogP contribution in [0.2, 0.25) is 0 Å². The number of benzene rings is 1. The molecule has 22 heavy (non-hydrogen) atoms. The molecule has 0 saturated heterocycles. The van der Waals surface area contributed by atoms with E-state index in [0.717, 1.165) is 0 Å². The minimum Gasteiger partial charge on any atom is -0.445 e. The molecule has 9 heteroatoms. The van der Waals surface area contributed by atoms with E-state index in [1.54, 1.807) is 24.3 Å². The minimum absolute atomic E-state index is 0.00548. The van der Waals surface area contributed by atoms with E-state index in [0.29, 0.717) is 17.7 Å². The predicted molar refractivity (Wildman–Crippen MR) is 76.5 cm³/mol. The highest BCUT2D eigenvalue weighted by atomic mass is 16.5. The summed E-state index contributed by atoms with van der Waals surface area (Å²) in [6, 6.07) is 6.56. The van der Waals surface area contributed by atoms with Gasteiger partial charge in [0.15, 0.2) is 0 Å². The second-order valence-corrected chi connectivity index (χ2v) is 4.14. The minimum atomic E-state index is -0.754. The van der Waals surface area contributed by atoms with Gasteiger partial charge < -0.3 is 26.4 Å². The van der Waals surface area contributed by atoms with Crippen molar-refractivity contribution in [2.75, 3.05) is 18.4 Å². The summed E-state index contributed by atoms with van der Waals surface area (Å²) in [7, 11) is 0. The van der Waals surface area contributed by atoms with Gasteiger partial charge in [0.25, 0.3) is 0 Å². The molecule has 0 aromatic heterocycles. The van der Waals surface area contributed by atoms with Crippen molar-refractivity contribution in [2.45, 2.75) is 6.61 Å². The fraction of sp³-hybridized carbons (Fsp3) is 0.231. The van der Waals surface area contributed by atoms with Gasteiger partial charge >= 0.3 is 6.09 Å². The molecule has 1 aromatic rings. The van der Waals surface area contributed by atoms with Crippen LogP contribution in [0.25, 0.3) is 0 Å². The van der Waals surface area contributed by atoms with E-state index in [-0.39, 0.29) is 25.6 Å². The summed E-state index contributed by atoms with van der Waals surface area (Å²) in [5.74, 6) is -1.02. The van der Waals surface area contributed by atoms with Gasteiger partial charge in [-0.05, 0) is 17.7 Å². The predicted octanol–water partition coefficient (Wildman–Crippen LogP) is -0.917. The molecule has 0 aliphatic rings. The van der Waals surface area contributed by atoms with E-state index in [1.165, 1.54) is 0 Å². The van der Waals surface area contributed by atoms with Crippen LogP contribution in [0, 0.1) is 0 Å². The van der Waals surface area contributed by atoms with E-state index in [4.69, 9.17) is 10.5 Å². The van der Waals surface area contributed by atoms with Crippen molar-refractivity contribution in [3.63, 3.8) is 0 Å². The Labute approximate surface area is 126 Å². The lowest BCUT2D eigenvalue weighted by atomic mass is 10.2. The first-order valence-corrected chi connectivity index (χ1v) is 6.26. The van der Waals surface area contributed by atoms with Crippen molar-refractivity contribution in [1.82, 2.24) is 10.6 Å². The van der Waals surface area contributed by atoms with E-state index >= 15 is 0 Å². The first-order valence-electron chi connectivity index (χ1n) is 6.26. The third-order valence-electron chi connectivity index (χ3n) is 2.36. The third-order valence-corrected chi connectivity index (χ3v) is 2.36. The standard InChI is InChI=1S/C13H16N4O5/c14-11(19)5-16-13(21)22-7-9-1-3-10(4-2-9)17-12(20)6-15-8-18/h1-4,8H,5-7H2,(H2,14,19)(H,15,18)(H,16,21)(H,17,20). The summed E-state index contributed by atoms with van der Waals surface area (Å²) in [6.45, 7) is -0.404. The molecule has 0 bridgehead atoms. The molecule has 0 fully saturated rings. The van der Waals surface area contributed by atoms with Crippen molar-refractivity contribution in [2.24, 2.45) is 5.73 Å².